The van der Waals surface area contributed by atoms with Crippen LogP contribution in [-0.4, -0.2) is 139 Å². The Morgan fingerprint density at radius 3 is 1.70 bits per heavy atom. The molecule has 8 N–H and O–H groups in total. The summed E-state index contributed by atoms with van der Waals surface area (Å²) in [7, 11) is 0. The molecule has 4 aliphatic rings. The van der Waals surface area contributed by atoms with E-state index in [9.17, 15) is 45.6 Å². The average Bonchev–Trinajstić information content (AvgIpc) is 3.37. The fourth-order valence-electron chi connectivity index (χ4n) is 7.63. The minimum absolute atomic E-state index is 0.0773. The fourth-order valence-corrected chi connectivity index (χ4v) is 7.63. The van der Waals surface area contributed by atoms with Crippen molar-refractivity contribution in [2.45, 2.75) is 99.6 Å². The zero-order valence-corrected chi connectivity index (χ0v) is 28.0. The Balaban J connectivity index is 1.34. The molecule has 12 heteroatoms. The van der Waals surface area contributed by atoms with Gasteiger partial charge in [-0.25, -0.2) is 0 Å². The molecule has 2 aromatic carbocycles. The van der Waals surface area contributed by atoms with Crippen LogP contribution in [0.3, 0.4) is 0 Å². The van der Waals surface area contributed by atoms with E-state index in [2.05, 4.69) is 23.7 Å². The van der Waals surface area contributed by atoms with Gasteiger partial charge < -0.3 is 55.2 Å². The van der Waals surface area contributed by atoms with E-state index < -0.39 is 73.1 Å². The average molecular weight is 692 g/mol. The van der Waals surface area contributed by atoms with Crippen LogP contribution >= 0.6 is 0 Å². The molecule has 3 aliphatic heterocycles. The number of hydrogen-bond acceptors (Lipinski definition) is 11. The van der Waals surface area contributed by atoms with Crippen LogP contribution in [0.5, 0.6) is 0 Å². The second-order valence-electron chi connectivity index (χ2n) is 14.0. The van der Waals surface area contributed by atoms with Gasteiger partial charge >= 0.3 is 0 Å². The molecule has 0 bridgehead atoms. The third kappa shape index (κ3) is 6.58. The lowest BCUT2D eigenvalue weighted by Crippen LogP contribution is -2.58. The number of likely N-dealkylation sites (tertiary alicyclic amines) is 1. The fraction of sp³-hybridized carbons (Fsp3) is 0.553. The summed E-state index contributed by atoms with van der Waals surface area (Å²) in [5.74, 6) is 11.9. The normalized spacial score (nSPS) is 32.8. The van der Waals surface area contributed by atoms with Gasteiger partial charge in [-0.1, -0.05) is 49.7 Å². The summed E-state index contributed by atoms with van der Waals surface area (Å²) < 4.78 is 11.3. The van der Waals surface area contributed by atoms with E-state index in [0.717, 1.165) is 22.3 Å². The number of piperidine rings is 1. The Labute approximate surface area is 290 Å². The SMILES string of the molecule is CC(C)C(=O)N1CCC2(CC1)c1cc(C#C[C@H]3O[C@H](CO)[C@@H](O)[C@H](O)[C@@H]3O)ccc1-c1ccc(C#C[C@H]3O[C@H](CCO)[C@@H](O)[C@H](O)[C@@H]3O)cc12. The van der Waals surface area contributed by atoms with Crippen LogP contribution < -0.4 is 0 Å². The third-order valence-electron chi connectivity index (χ3n) is 10.5. The van der Waals surface area contributed by atoms with E-state index in [4.69, 9.17) is 9.47 Å². The molecule has 268 valence electrons. The van der Waals surface area contributed by atoms with Crippen molar-refractivity contribution < 1.29 is 55.1 Å². The zero-order valence-electron chi connectivity index (χ0n) is 28.0. The molecule has 3 fully saturated rings. The molecule has 50 heavy (non-hydrogen) atoms. The first-order chi connectivity index (χ1) is 23.9. The number of carbonyl (C=O) groups excluding carboxylic acids is 1. The maximum absolute atomic E-state index is 12.9. The largest absolute Gasteiger partial charge is 0.396 e. The van der Waals surface area contributed by atoms with Crippen LogP contribution in [-0.2, 0) is 19.7 Å². The molecule has 1 aliphatic carbocycles. The van der Waals surface area contributed by atoms with E-state index >= 15 is 0 Å². The maximum atomic E-state index is 12.9. The van der Waals surface area contributed by atoms with Crippen LogP contribution in [0.1, 0.15) is 55.4 Å². The second kappa shape index (κ2) is 14.7. The Kier molecular flexibility index (Phi) is 10.7. The molecule has 0 radical (unpaired) electrons. The summed E-state index contributed by atoms with van der Waals surface area (Å²) in [6.45, 7) is 4.05. The number of aliphatic hydroxyl groups is 8. The molecule has 1 amide bonds. The molecular weight excluding hydrogens is 646 g/mol. The summed E-state index contributed by atoms with van der Waals surface area (Å²) in [5, 5.41) is 81.0. The van der Waals surface area contributed by atoms with Crippen LogP contribution in [0.25, 0.3) is 11.1 Å². The van der Waals surface area contributed by atoms with Crippen molar-refractivity contribution in [3.63, 3.8) is 0 Å². The molecule has 10 atom stereocenters. The molecule has 0 saturated carbocycles. The summed E-state index contributed by atoms with van der Waals surface area (Å²) in [4.78, 5) is 14.8. The summed E-state index contributed by atoms with van der Waals surface area (Å²) in [5.41, 5.74) is 4.89. The van der Waals surface area contributed by atoms with E-state index in [1.54, 1.807) is 0 Å². The number of hydrogen-bond donors (Lipinski definition) is 8. The van der Waals surface area contributed by atoms with Gasteiger partial charge in [-0.15, -0.1) is 0 Å². The number of rotatable bonds is 4. The highest BCUT2D eigenvalue weighted by molar-refractivity contribution is 5.83. The Morgan fingerprint density at radius 2 is 1.24 bits per heavy atom. The van der Waals surface area contributed by atoms with Crippen LogP contribution in [0.2, 0.25) is 0 Å². The zero-order chi connectivity index (χ0) is 35.9. The van der Waals surface area contributed by atoms with E-state index in [0.29, 0.717) is 37.1 Å². The minimum Gasteiger partial charge on any atom is -0.396 e. The Morgan fingerprint density at radius 1 is 0.760 bits per heavy atom. The van der Waals surface area contributed by atoms with Gasteiger partial charge in [-0.2, -0.15) is 0 Å². The van der Waals surface area contributed by atoms with Crippen molar-refractivity contribution in [2.75, 3.05) is 26.3 Å². The minimum atomic E-state index is -1.53. The standard InChI is InChI=1S/C38H45NO11/c1-20(2)37(48)39-14-12-38(13-15-39)25-17-21(5-9-27-31(42)35(46)33(44)29(49-27)11-16-40)3-7-23(25)24-8-4-22(18-26(24)38)6-10-28-32(43)36(47)34(45)30(19-41)50-28/h3-4,7-8,17-18,20,27-36,40-47H,11-16,19H2,1-2H3/t27-,28-,29-,30-,31-,32-,33-,34-,35-,36-/m1/s1. The molecule has 6 rings (SSSR count). The smallest absolute Gasteiger partial charge is 0.225 e. The van der Waals surface area contributed by atoms with Crippen LogP contribution in [0.15, 0.2) is 36.4 Å². The highest BCUT2D eigenvalue weighted by Gasteiger charge is 2.47. The maximum Gasteiger partial charge on any atom is 0.225 e. The lowest BCUT2D eigenvalue weighted by Gasteiger charge is -2.41. The summed E-state index contributed by atoms with van der Waals surface area (Å²) in [6, 6.07) is 11.7. The van der Waals surface area contributed by atoms with Gasteiger partial charge in [-0.3, -0.25) is 4.79 Å². The quantitative estimate of drug-likeness (QED) is 0.183. The number of nitrogens with zero attached hydrogens (tertiary/aromatic N) is 1. The molecule has 3 saturated heterocycles. The van der Waals surface area contributed by atoms with Gasteiger partial charge in [0, 0.05) is 42.2 Å². The summed E-state index contributed by atoms with van der Waals surface area (Å²) >= 11 is 0. The van der Waals surface area contributed by atoms with E-state index in [1.807, 2.05) is 55.1 Å². The van der Waals surface area contributed by atoms with Crippen molar-refractivity contribution in [1.29, 1.82) is 0 Å². The predicted molar refractivity (Wildman–Crippen MR) is 179 cm³/mol. The highest BCUT2D eigenvalue weighted by atomic mass is 16.5. The Hall–Kier alpha value is -3.37. The van der Waals surface area contributed by atoms with Gasteiger partial charge in [0.15, 0.2) is 0 Å². The number of fused-ring (bicyclic) bond motifs is 5. The predicted octanol–water partition coefficient (Wildman–Crippen LogP) is -0.991. The van der Waals surface area contributed by atoms with E-state index in [-0.39, 0.29) is 24.9 Å². The first-order valence-corrected chi connectivity index (χ1v) is 17.1. The van der Waals surface area contributed by atoms with Crippen molar-refractivity contribution in [2.24, 2.45) is 5.92 Å². The van der Waals surface area contributed by atoms with Gasteiger partial charge in [0.2, 0.25) is 5.91 Å². The molecule has 1 spiro atoms. The second-order valence-corrected chi connectivity index (χ2v) is 14.0. The van der Waals surface area contributed by atoms with Crippen LogP contribution in [0.4, 0.5) is 0 Å². The number of aliphatic hydroxyl groups excluding tert-OH is 8. The number of carbonyl (C=O) groups is 1. The van der Waals surface area contributed by atoms with E-state index in [1.165, 1.54) is 0 Å². The first-order valence-electron chi connectivity index (χ1n) is 17.1. The van der Waals surface area contributed by atoms with Crippen molar-refractivity contribution >= 4 is 5.91 Å². The van der Waals surface area contributed by atoms with Gasteiger partial charge in [0.05, 0.1) is 12.7 Å². The number of amides is 1. The van der Waals surface area contributed by atoms with Crippen molar-refractivity contribution in [3.8, 4) is 34.8 Å². The highest BCUT2D eigenvalue weighted by Crippen LogP contribution is 2.54. The lowest BCUT2D eigenvalue weighted by atomic mass is 9.70. The number of ether oxygens (including phenoxy) is 2. The van der Waals surface area contributed by atoms with Crippen molar-refractivity contribution in [1.82, 2.24) is 4.90 Å². The van der Waals surface area contributed by atoms with Gasteiger partial charge in [-0.05, 0) is 65.8 Å². The van der Waals surface area contributed by atoms with Crippen molar-refractivity contribution in [3.05, 3.63) is 58.7 Å². The molecular formula is C38H45NO11. The van der Waals surface area contributed by atoms with Crippen LogP contribution in [0, 0.1) is 29.6 Å². The monoisotopic (exact) mass is 691 g/mol. The first kappa shape index (κ1) is 36.4. The number of benzene rings is 2. The van der Waals surface area contributed by atoms with Gasteiger partial charge in [0.25, 0.3) is 0 Å². The third-order valence-corrected chi connectivity index (χ3v) is 10.5. The molecule has 3 heterocycles. The lowest BCUT2D eigenvalue weighted by molar-refractivity contribution is -0.214. The Bertz CT molecular complexity index is 1700. The molecule has 12 nitrogen and oxygen atoms in total. The molecule has 0 aromatic heterocycles. The molecule has 0 unspecified atom stereocenters. The molecule has 2 aromatic rings. The van der Waals surface area contributed by atoms with Gasteiger partial charge in [0.1, 0.15) is 54.9 Å². The summed E-state index contributed by atoms with van der Waals surface area (Å²) in [6.07, 6.45) is -11.5. The topological polar surface area (TPSA) is 201 Å².